The van der Waals surface area contributed by atoms with Crippen molar-refractivity contribution in [3.63, 3.8) is 0 Å². The highest BCUT2D eigenvalue weighted by atomic mass is 32.1. The molecule has 1 aromatic heterocycles. The van der Waals surface area contributed by atoms with E-state index < -0.39 is 0 Å². The molecule has 0 saturated heterocycles. The van der Waals surface area contributed by atoms with Crippen LogP contribution < -0.4 is 5.32 Å². The van der Waals surface area contributed by atoms with Crippen molar-refractivity contribution in [2.24, 2.45) is 5.92 Å². The van der Waals surface area contributed by atoms with Gasteiger partial charge in [-0.15, -0.1) is 11.3 Å². The van der Waals surface area contributed by atoms with Gasteiger partial charge in [-0.05, 0) is 39.4 Å². The summed E-state index contributed by atoms with van der Waals surface area (Å²) in [7, 11) is 4.23. The molecule has 1 rings (SSSR count). The lowest BCUT2D eigenvalue weighted by Crippen LogP contribution is -2.15. The lowest BCUT2D eigenvalue weighted by atomic mass is 10.1. The zero-order chi connectivity index (χ0) is 14.3. The minimum atomic E-state index is 0.675. The van der Waals surface area contributed by atoms with Crippen LogP contribution in [0.15, 0.2) is 0 Å². The highest BCUT2D eigenvalue weighted by Crippen LogP contribution is 2.22. The Bertz CT molecular complexity index is 358. The number of hydrogen-bond acceptors (Lipinski definition) is 4. The number of thiazole rings is 1. The topological polar surface area (TPSA) is 28.2 Å². The van der Waals surface area contributed by atoms with Crippen molar-refractivity contribution in [3.05, 3.63) is 15.6 Å². The van der Waals surface area contributed by atoms with Crippen molar-refractivity contribution in [1.29, 1.82) is 0 Å². The van der Waals surface area contributed by atoms with E-state index in [1.807, 2.05) is 11.3 Å². The van der Waals surface area contributed by atoms with Gasteiger partial charge >= 0.3 is 0 Å². The molecule has 0 aliphatic rings. The van der Waals surface area contributed by atoms with Crippen molar-refractivity contribution >= 4 is 11.3 Å². The van der Waals surface area contributed by atoms with Crippen molar-refractivity contribution in [2.75, 3.05) is 27.2 Å². The Labute approximate surface area is 122 Å². The van der Waals surface area contributed by atoms with E-state index in [9.17, 15) is 0 Å². The van der Waals surface area contributed by atoms with E-state index in [2.05, 4.69) is 45.1 Å². The summed E-state index contributed by atoms with van der Waals surface area (Å²) in [4.78, 5) is 8.51. The van der Waals surface area contributed by atoms with Crippen LogP contribution in [0.5, 0.6) is 0 Å². The molecule has 110 valence electrons. The van der Waals surface area contributed by atoms with Crippen molar-refractivity contribution in [3.8, 4) is 0 Å². The van der Waals surface area contributed by atoms with E-state index in [1.54, 1.807) is 0 Å². The van der Waals surface area contributed by atoms with Crippen LogP contribution >= 0.6 is 11.3 Å². The summed E-state index contributed by atoms with van der Waals surface area (Å²) in [5.74, 6) is 0.675. The third-order valence-electron chi connectivity index (χ3n) is 2.91. The van der Waals surface area contributed by atoms with Gasteiger partial charge < -0.3 is 10.2 Å². The number of likely N-dealkylation sites (N-methyl/N-ethyl adjacent to an activating group) is 1. The van der Waals surface area contributed by atoms with Gasteiger partial charge in [-0.1, -0.05) is 20.8 Å². The fourth-order valence-electron chi connectivity index (χ4n) is 1.93. The molecular weight excluding hydrogens is 254 g/mol. The van der Waals surface area contributed by atoms with E-state index in [4.69, 9.17) is 4.98 Å². The summed E-state index contributed by atoms with van der Waals surface area (Å²) in [6, 6.07) is 0. The number of rotatable bonds is 9. The van der Waals surface area contributed by atoms with E-state index in [0.717, 1.165) is 32.5 Å². The second kappa shape index (κ2) is 8.67. The summed E-state index contributed by atoms with van der Waals surface area (Å²) >= 11 is 1.89. The highest BCUT2D eigenvalue weighted by molar-refractivity contribution is 7.11. The SMILES string of the molecule is CCCNCc1sc(CCN(C)C)nc1CC(C)C. The number of nitrogens with zero attached hydrogens (tertiary/aromatic N) is 2. The Morgan fingerprint density at radius 1 is 1.32 bits per heavy atom. The predicted molar refractivity (Wildman–Crippen MR) is 84.9 cm³/mol. The maximum Gasteiger partial charge on any atom is 0.0944 e. The van der Waals surface area contributed by atoms with Crippen LogP contribution in [0.2, 0.25) is 0 Å². The van der Waals surface area contributed by atoms with Crippen molar-refractivity contribution in [2.45, 2.75) is 46.6 Å². The fourth-order valence-corrected chi connectivity index (χ4v) is 2.98. The number of hydrogen-bond donors (Lipinski definition) is 1. The van der Waals surface area contributed by atoms with Crippen molar-refractivity contribution < 1.29 is 0 Å². The van der Waals surface area contributed by atoms with E-state index >= 15 is 0 Å². The smallest absolute Gasteiger partial charge is 0.0944 e. The van der Waals surface area contributed by atoms with Crippen LogP contribution in [-0.2, 0) is 19.4 Å². The first kappa shape index (κ1) is 16.6. The molecular formula is C15H29N3S. The van der Waals surface area contributed by atoms with Crippen LogP contribution in [0.25, 0.3) is 0 Å². The van der Waals surface area contributed by atoms with Gasteiger partial charge in [0.25, 0.3) is 0 Å². The van der Waals surface area contributed by atoms with Gasteiger partial charge in [-0.2, -0.15) is 0 Å². The first-order chi connectivity index (χ1) is 9.02. The lowest BCUT2D eigenvalue weighted by molar-refractivity contribution is 0.413. The van der Waals surface area contributed by atoms with Gasteiger partial charge in [0, 0.05) is 24.4 Å². The molecule has 3 nitrogen and oxygen atoms in total. The monoisotopic (exact) mass is 283 g/mol. The normalized spacial score (nSPS) is 11.7. The fraction of sp³-hybridized carbons (Fsp3) is 0.800. The summed E-state index contributed by atoms with van der Waals surface area (Å²) in [5.41, 5.74) is 1.32. The Morgan fingerprint density at radius 3 is 2.63 bits per heavy atom. The van der Waals surface area contributed by atoms with E-state index in [-0.39, 0.29) is 0 Å². The lowest BCUT2D eigenvalue weighted by Gasteiger charge is -2.06. The van der Waals surface area contributed by atoms with Crippen LogP contribution in [0.4, 0.5) is 0 Å². The van der Waals surface area contributed by atoms with Gasteiger partial charge in [0.1, 0.15) is 0 Å². The van der Waals surface area contributed by atoms with E-state index in [1.165, 1.54) is 22.0 Å². The molecule has 4 heteroatoms. The molecule has 0 bridgehead atoms. The third kappa shape index (κ3) is 6.50. The highest BCUT2D eigenvalue weighted by Gasteiger charge is 2.12. The molecule has 0 fully saturated rings. The quantitative estimate of drug-likeness (QED) is 0.706. The standard InChI is InChI=1S/C15H29N3S/c1-6-8-16-11-14-13(10-12(2)3)17-15(19-14)7-9-18(4)5/h12,16H,6-11H2,1-5H3. The van der Waals surface area contributed by atoms with E-state index in [0.29, 0.717) is 5.92 Å². The molecule has 0 aliphatic carbocycles. The Balaban J connectivity index is 2.67. The molecule has 0 atom stereocenters. The molecule has 0 amide bonds. The van der Waals surface area contributed by atoms with Crippen LogP contribution in [0.1, 0.15) is 42.8 Å². The second-order valence-electron chi connectivity index (χ2n) is 5.81. The van der Waals surface area contributed by atoms with Crippen molar-refractivity contribution in [1.82, 2.24) is 15.2 Å². The van der Waals surface area contributed by atoms with Gasteiger partial charge in [0.2, 0.25) is 0 Å². The zero-order valence-corrected chi connectivity index (χ0v) is 13.9. The molecule has 0 aromatic carbocycles. The average Bonchev–Trinajstić information content (AvgIpc) is 2.69. The van der Waals surface area contributed by atoms with Crippen LogP contribution in [-0.4, -0.2) is 37.1 Å². The Morgan fingerprint density at radius 2 is 2.05 bits per heavy atom. The van der Waals surface area contributed by atoms with Gasteiger partial charge in [-0.25, -0.2) is 4.98 Å². The van der Waals surface area contributed by atoms with Crippen LogP contribution in [0, 0.1) is 5.92 Å². The molecule has 19 heavy (non-hydrogen) atoms. The molecule has 0 aliphatic heterocycles. The first-order valence-electron chi connectivity index (χ1n) is 7.35. The molecule has 1 aromatic rings. The average molecular weight is 283 g/mol. The minimum Gasteiger partial charge on any atom is -0.312 e. The second-order valence-corrected chi connectivity index (χ2v) is 6.97. The summed E-state index contributed by atoms with van der Waals surface area (Å²) in [6.45, 7) is 9.89. The van der Waals surface area contributed by atoms with Gasteiger partial charge in [0.05, 0.1) is 10.7 Å². The molecule has 0 radical (unpaired) electrons. The Hall–Kier alpha value is -0.450. The largest absolute Gasteiger partial charge is 0.312 e. The third-order valence-corrected chi connectivity index (χ3v) is 4.07. The molecule has 0 unspecified atom stereocenters. The predicted octanol–water partition coefficient (Wildman–Crippen LogP) is 2.95. The maximum absolute atomic E-state index is 4.85. The zero-order valence-electron chi connectivity index (χ0n) is 13.1. The summed E-state index contributed by atoms with van der Waals surface area (Å²) < 4.78 is 0. The molecule has 1 N–H and O–H groups in total. The molecule has 1 heterocycles. The summed E-state index contributed by atoms with van der Waals surface area (Å²) in [5, 5.41) is 4.79. The first-order valence-corrected chi connectivity index (χ1v) is 8.17. The molecule has 0 saturated carbocycles. The number of nitrogens with one attached hydrogen (secondary N) is 1. The number of aromatic nitrogens is 1. The van der Waals surface area contributed by atoms with Gasteiger partial charge in [0.15, 0.2) is 0 Å². The Kier molecular flexibility index (Phi) is 7.57. The molecule has 0 spiro atoms. The van der Waals surface area contributed by atoms with Crippen LogP contribution in [0.3, 0.4) is 0 Å². The summed E-state index contributed by atoms with van der Waals surface area (Å²) in [6.07, 6.45) is 3.35. The van der Waals surface area contributed by atoms with Gasteiger partial charge in [-0.3, -0.25) is 0 Å². The maximum atomic E-state index is 4.85. The minimum absolute atomic E-state index is 0.675.